The van der Waals surface area contributed by atoms with E-state index in [0.717, 1.165) is 18.4 Å². The van der Waals surface area contributed by atoms with Crippen molar-refractivity contribution in [3.63, 3.8) is 0 Å². The van der Waals surface area contributed by atoms with Gasteiger partial charge < -0.3 is 20.5 Å². The monoisotopic (exact) mass is 285 g/mol. The Morgan fingerprint density at radius 3 is 2.79 bits per heavy atom. The molecule has 19 heavy (non-hydrogen) atoms. The number of nitrogens with two attached hydrogens (primary N) is 1. The molecule has 0 bridgehead atoms. The van der Waals surface area contributed by atoms with Crippen molar-refractivity contribution in [3.05, 3.63) is 22.8 Å². The second-order valence-corrected chi connectivity index (χ2v) is 5.17. The third kappa shape index (κ3) is 2.84. The van der Waals surface area contributed by atoms with Gasteiger partial charge in [0.15, 0.2) is 0 Å². The maximum absolute atomic E-state index is 6.03. The Hall–Kier alpha value is -0.880. The van der Waals surface area contributed by atoms with Gasteiger partial charge in [-0.15, -0.1) is 0 Å². The van der Waals surface area contributed by atoms with Crippen LogP contribution in [0.25, 0.3) is 0 Å². The number of nitrogens with one attached hydrogen (secondary N) is 1. The van der Waals surface area contributed by atoms with Crippen molar-refractivity contribution >= 4 is 17.4 Å². The largest absolute Gasteiger partial charge is 0.383 e. The summed E-state index contributed by atoms with van der Waals surface area (Å²) in [5.74, 6) is 0.478. The molecule has 0 spiro atoms. The van der Waals surface area contributed by atoms with Crippen molar-refractivity contribution in [2.24, 2.45) is 0 Å². The van der Waals surface area contributed by atoms with Gasteiger partial charge >= 0.3 is 0 Å². The van der Waals surface area contributed by atoms with Crippen LogP contribution in [0.15, 0.2) is 12.3 Å². The Balaban J connectivity index is 2.39. The first-order valence-corrected chi connectivity index (χ1v) is 6.72. The quantitative estimate of drug-likeness (QED) is 0.882. The van der Waals surface area contributed by atoms with Crippen LogP contribution in [0.4, 0.5) is 5.82 Å². The van der Waals surface area contributed by atoms with Crippen molar-refractivity contribution in [2.45, 2.75) is 24.5 Å². The number of hydrogen-bond donors (Lipinski definition) is 2. The fourth-order valence-electron chi connectivity index (χ4n) is 2.73. The molecule has 1 aliphatic rings. The first-order chi connectivity index (χ1) is 9.13. The van der Waals surface area contributed by atoms with E-state index in [2.05, 4.69) is 10.3 Å². The van der Waals surface area contributed by atoms with E-state index in [4.69, 9.17) is 26.8 Å². The van der Waals surface area contributed by atoms with E-state index in [0.29, 0.717) is 24.1 Å². The molecule has 0 radical (unpaired) electrons. The van der Waals surface area contributed by atoms with Gasteiger partial charge in [-0.05, 0) is 13.1 Å². The van der Waals surface area contributed by atoms with Gasteiger partial charge in [0.25, 0.3) is 0 Å². The van der Waals surface area contributed by atoms with E-state index in [1.165, 1.54) is 0 Å². The lowest BCUT2D eigenvalue weighted by molar-refractivity contribution is -0.110. The minimum atomic E-state index is -0.340. The number of halogens is 1. The number of aromatic nitrogens is 1. The van der Waals surface area contributed by atoms with Crippen LogP contribution in [-0.4, -0.2) is 38.0 Å². The Labute approximate surface area is 118 Å². The maximum atomic E-state index is 6.03. The lowest BCUT2D eigenvalue weighted by atomic mass is 9.82. The third-order valence-electron chi connectivity index (χ3n) is 3.79. The average Bonchev–Trinajstić information content (AvgIpc) is 2.44. The van der Waals surface area contributed by atoms with E-state index >= 15 is 0 Å². The SMILES string of the molecule is CNC(c1cc(Cl)cnc1N)C1(OC)CCOCC1. The van der Waals surface area contributed by atoms with Crippen molar-refractivity contribution in [1.29, 1.82) is 0 Å². The van der Waals surface area contributed by atoms with Crippen molar-refractivity contribution in [3.8, 4) is 0 Å². The van der Waals surface area contributed by atoms with Crippen molar-refractivity contribution in [1.82, 2.24) is 10.3 Å². The molecule has 3 N–H and O–H groups in total. The summed E-state index contributed by atoms with van der Waals surface area (Å²) in [6.07, 6.45) is 3.17. The van der Waals surface area contributed by atoms with Crippen molar-refractivity contribution in [2.75, 3.05) is 33.1 Å². The van der Waals surface area contributed by atoms with Gasteiger partial charge in [0, 0.05) is 44.9 Å². The predicted molar refractivity (Wildman–Crippen MR) is 75.3 cm³/mol. The van der Waals surface area contributed by atoms with Crippen LogP contribution in [0.5, 0.6) is 0 Å². The minimum absolute atomic E-state index is 0.0624. The van der Waals surface area contributed by atoms with Crippen LogP contribution in [-0.2, 0) is 9.47 Å². The molecular weight excluding hydrogens is 266 g/mol. The second-order valence-electron chi connectivity index (χ2n) is 4.73. The number of nitrogen functional groups attached to an aromatic ring is 1. The maximum Gasteiger partial charge on any atom is 0.128 e. The van der Waals surface area contributed by atoms with Gasteiger partial charge in [0.2, 0.25) is 0 Å². The minimum Gasteiger partial charge on any atom is -0.383 e. The highest BCUT2D eigenvalue weighted by molar-refractivity contribution is 6.30. The second kappa shape index (κ2) is 6.05. The van der Waals surface area contributed by atoms with Gasteiger partial charge in [0.1, 0.15) is 5.82 Å². The van der Waals surface area contributed by atoms with Crippen LogP contribution in [0.2, 0.25) is 5.02 Å². The molecule has 0 saturated carbocycles. The molecule has 6 heteroatoms. The normalized spacial score (nSPS) is 20.2. The standard InChI is InChI=1S/C13H20ClN3O2/c1-16-11(10-7-9(14)8-17-12(10)15)13(18-2)3-5-19-6-4-13/h7-8,11,16H,3-6H2,1-2H3,(H2,15,17). The number of rotatable bonds is 4. The molecule has 0 amide bonds. The molecule has 1 unspecified atom stereocenters. The summed E-state index contributed by atoms with van der Waals surface area (Å²) >= 11 is 6.03. The zero-order valence-electron chi connectivity index (χ0n) is 11.3. The third-order valence-corrected chi connectivity index (χ3v) is 3.99. The number of ether oxygens (including phenoxy) is 2. The summed E-state index contributed by atoms with van der Waals surface area (Å²) in [5.41, 5.74) is 6.52. The number of methoxy groups -OCH3 is 1. The molecule has 5 nitrogen and oxygen atoms in total. The van der Waals surface area contributed by atoms with Gasteiger partial charge in [-0.2, -0.15) is 0 Å². The highest BCUT2D eigenvalue weighted by Gasteiger charge is 2.41. The summed E-state index contributed by atoms with van der Waals surface area (Å²) in [6, 6.07) is 1.79. The highest BCUT2D eigenvalue weighted by Crippen LogP contribution is 2.39. The van der Waals surface area contributed by atoms with E-state index in [9.17, 15) is 0 Å². The van der Waals surface area contributed by atoms with Crippen LogP contribution in [0, 0.1) is 0 Å². The summed E-state index contributed by atoms with van der Waals surface area (Å²) in [5, 5.41) is 3.86. The fourth-order valence-corrected chi connectivity index (χ4v) is 2.89. The number of pyridine rings is 1. The predicted octanol–water partition coefficient (Wildman–Crippen LogP) is 1.77. The number of hydrogen-bond acceptors (Lipinski definition) is 5. The van der Waals surface area contributed by atoms with Crippen LogP contribution < -0.4 is 11.1 Å². The molecule has 1 aromatic heterocycles. The van der Waals surface area contributed by atoms with Gasteiger partial charge in [-0.25, -0.2) is 4.98 Å². The first kappa shape index (κ1) is 14.5. The molecule has 1 atom stereocenters. The molecule has 106 valence electrons. The molecule has 2 heterocycles. The molecule has 1 aliphatic heterocycles. The molecule has 2 rings (SSSR count). The van der Waals surface area contributed by atoms with E-state index in [-0.39, 0.29) is 11.6 Å². The van der Waals surface area contributed by atoms with E-state index < -0.39 is 0 Å². The molecule has 0 aromatic carbocycles. The van der Waals surface area contributed by atoms with Crippen LogP contribution >= 0.6 is 11.6 Å². The van der Waals surface area contributed by atoms with E-state index in [1.54, 1.807) is 13.3 Å². The summed E-state index contributed by atoms with van der Waals surface area (Å²) in [4.78, 5) is 4.13. The Kier molecular flexibility index (Phi) is 4.62. The number of anilines is 1. The summed E-state index contributed by atoms with van der Waals surface area (Å²) in [7, 11) is 3.62. The smallest absolute Gasteiger partial charge is 0.128 e. The van der Waals surface area contributed by atoms with Crippen molar-refractivity contribution < 1.29 is 9.47 Å². The van der Waals surface area contributed by atoms with E-state index in [1.807, 2.05) is 13.1 Å². The topological polar surface area (TPSA) is 69.4 Å². The fraction of sp³-hybridized carbons (Fsp3) is 0.615. The molecule has 1 saturated heterocycles. The van der Waals surface area contributed by atoms with Gasteiger partial charge in [-0.1, -0.05) is 11.6 Å². The molecular formula is C13H20ClN3O2. The lowest BCUT2D eigenvalue weighted by Gasteiger charge is -2.42. The lowest BCUT2D eigenvalue weighted by Crippen LogP contribution is -2.48. The molecule has 0 aliphatic carbocycles. The van der Waals surface area contributed by atoms with Crippen LogP contribution in [0.3, 0.4) is 0 Å². The average molecular weight is 286 g/mol. The Morgan fingerprint density at radius 1 is 1.53 bits per heavy atom. The van der Waals surface area contributed by atoms with Crippen LogP contribution in [0.1, 0.15) is 24.4 Å². The zero-order valence-corrected chi connectivity index (χ0v) is 12.0. The summed E-state index contributed by atoms with van der Waals surface area (Å²) < 4.78 is 11.2. The van der Waals surface area contributed by atoms with Gasteiger partial charge in [0.05, 0.1) is 16.7 Å². The Bertz CT molecular complexity index is 436. The number of likely N-dealkylation sites (N-methyl/N-ethyl adjacent to an activating group) is 1. The van der Waals surface area contributed by atoms with Gasteiger partial charge in [-0.3, -0.25) is 0 Å². The highest BCUT2D eigenvalue weighted by atomic mass is 35.5. The zero-order chi connectivity index (χ0) is 13.9. The Morgan fingerprint density at radius 2 is 2.21 bits per heavy atom. The molecule has 1 aromatic rings. The number of nitrogens with zero attached hydrogens (tertiary/aromatic N) is 1. The first-order valence-electron chi connectivity index (χ1n) is 6.34. The summed E-state index contributed by atoms with van der Waals surface area (Å²) in [6.45, 7) is 1.36. The molecule has 1 fully saturated rings.